The highest BCUT2D eigenvalue weighted by Crippen LogP contribution is 2.33. The fourth-order valence-electron chi connectivity index (χ4n) is 3.27. The average Bonchev–Trinajstić information content (AvgIpc) is 2.55. The van der Waals surface area contributed by atoms with Crippen molar-refractivity contribution in [3.63, 3.8) is 0 Å². The molecule has 0 fully saturated rings. The van der Waals surface area contributed by atoms with Crippen LogP contribution in [-0.2, 0) is 11.2 Å². The zero-order valence-electron chi connectivity index (χ0n) is 13.3. The second kappa shape index (κ2) is 6.41. The molecule has 1 heterocycles. The fraction of sp³-hybridized carbons (Fsp3) is 0.316. The van der Waals surface area contributed by atoms with Crippen LogP contribution in [0.25, 0.3) is 0 Å². The summed E-state index contributed by atoms with van der Waals surface area (Å²) in [6.07, 6.45) is 2.09. The molecule has 3 rings (SSSR count). The second-order valence-electron chi connectivity index (χ2n) is 6.12. The number of anilines is 2. The van der Waals surface area contributed by atoms with Crippen molar-refractivity contribution in [3.05, 3.63) is 59.4 Å². The molecule has 1 atom stereocenters. The van der Waals surface area contributed by atoms with E-state index in [-0.39, 0.29) is 24.1 Å². The molecule has 0 saturated heterocycles. The van der Waals surface area contributed by atoms with Crippen LogP contribution in [0.2, 0.25) is 0 Å². The number of rotatable bonds is 3. The molecule has 0 bridgehead atoms. The van der Waals surface area contributed by atoms with Crippen LogP contribution in [0.3, 0.4) is 0 Å². The molecule has 4 heteroatoms. The number of nitrogens with two attached hydrogens (primary N) is 1. The quantitative estimate of drug-likeness (QED) is 0.874. The molecule has 1 amide bonds. The van der Waals surface area contributed by atoms with Crippen molar-refractivity contribution < 1.29 is 9.18 Å². The molecule has 0 aromatic heterocycles. The second-order valence-corrected chi connectivity index (χ2v) is 6.12. The van der Waals surface area contributed by atoms with Gasteiger partial charge in [-0.05, 0) is 48.1 Å². The normalized spacial score (nSPS) is 15.1. The van der Waals surface area contributed by atoms with E-state index in [4.69, 9.17) is 5.73 Å². The first-order chi connectivity index (χ1) is 11.1. The van der Waals surface area contributed by atoms with Crippen LogP contribution in [-0.4, -0.2) is 12.5 Å². The van der Waals surface area contributed by atoms with Gasteiger partial charge in [-0.3, -0.25) is 4.79 Å². The Hall–Kier alpha value is -2.36. The summed E-state index contributed by atoms with van der Waals surface area (Å²) in [5, 5.41) is 0. The first-order valence-electron chi connectivity index (χ1n) is 8.00. The number of carbonyl (C=O) groups excluding carboxylic acids is 1. The molecule has 1 aliphatic heterocycles. The van der Waals surface area contributed by atoms with Crippen molar-refractivity contribution in [3.8, 4) is 0 Å². The number of carbonyl (C=O) groups is 1. The zero-order chi connectivity index (χ0) is 16.4. The number of fused-ring (bicyclic) bond motifs is 1. The van der Waals surface area contributed by atoms with Gasteiger partial charge in [0.15, 0.2) is 0 Å². The van der Waals surface area contributed by atoms with E-state index >= 15 is 0 Å². The lowest BCUT2D eigenvalue weighted by atomic mass is 9.95. The van der Waals surface area contributed by atoms with Gasteiger partial charge in [0.1, 0.15) is 5.82 Å². The summed E-state index contributed by atoms with van der Waals surface area (Å²) < 4.78 is 13.9. The summed E-state index contributed by atoms with van der Waals surface area (Å²) in [5.41, 5.74) is 9.31. The zero-order valence-corrected chi connectivity index (χ0v) is 13.3. The molecule has 0 aliphatic carbocycles. The lowest BCUT2D eigenvalue weighted by Gasteiger charge is -2.31. The summed E-state index contributed by atoms with van der Waals surface area (Å²) in [5.74, 6) is -0.390. The van der Waals surface area contributed by atoms with E-state index in [0.29, 0.717) is 12.1 Å². The van der Waals surface area contributed by atoms with Crippen molar-refractivity contribution in [2.24, 2.45) is 0 Å². The van der Waals surface area contributed by atoms with Gasteiger partial charge in [-0.2, -0.15) is 0 Å². The number of nitrogens with zero attached hydrogens (tertiary/aromatic N) is 1. The molecule has 23 heavy (non-hydrogen) atoms. The lowest BCUT2D eigenvalue weighted by Crippen LogP contribution is -2.36. The predicted octanol–water partition coefficient (Wildman–Crippen LogP) is 3.88. The maximum atomic E-state index is 13.9. The van der Waals surface area contributed by atoms with Gasteiger partial charge in [0.25, 0.3) is 0 Å². The molecule has 1 unspecified atom stereocenters. The Bertz CT molecular complexity index is 729. The van der Waals surface area contributed by atoms with Gasteiger partial charge in [-0.15, -0.1) is 0 Å². The maximum Gasteiger partial charge on any atom is 0.227 e. The largest absolute Gasteiger partial charge is 0.398 e. The number of benzene rings is 2. The lowest BCUT2D eigenvalue weighted by molar-refractivity contribution is -0.119. The number of amides is 1. The van der Waals surface area contributed by atoms with E-state index in [0.717, 1.165) is 29.8 Å². The van der Waals surface area contributed by atoms with E-state index in [2.05, 4.69) is 0 Å². The number of halogens is 1. The number of hydrogen-bond donors (Lipinski definition) is 1. The molecular weight excluding hydrogens is 291 g/mol. The van der Waals surface area contributed by atoms with E-state index in [1.165, 1.54) is 6.07 Å². The van der Waals surface area contributed by atoms with Crippen LogP contribution in [0.1, 0.15) is 36.8 Å². The van der Waals surface area contributed by atoms with Gasteiger partial charge in [0, 0.05) is 24.3 Å². The van der Waals surface area contributed by atoms with Gasteiger partial charge in [0.2, 0.25) is 5.91 Å². The Morgan fingerprint density at radius 3 is 2.83 bits per heavy atom. The molecule has 0 spiro atoms. The Balaban J connectivity index is 1.80. The van der Waals surface area contributed by atoms with Crippen LogP contribution in [0.4, 0.5) is 15.8 Å². The minimum atomic E-state index is -0.254. The third-order valence-electron chi connectivity index (χ3n) is 4.50. The van der Waals surface area contributed by atoms with Crippen molar-refractivity contribution in [1.29, 1.82) is 0 Å². The third kappa shape index (κ3) is 3.07. The van der Waals surface area contributed by atoms with E-state index in [1.54, 1.807) is 23.1 Å². The highest BCUT2D eigenvalue weighted by molar-refractivity contribution is 5.95. The van der Waals surface area contributed by atoms with Crippen molar-refractivity contribution in [2.45, 2.75) is 32.1 Å². The van der Waals surface area contributed by atoms with E-state index in [1.807, 2.05) is 25.1 Å². The first kappa shape index (κ1) is 15.5. The first-order valence-corrected chi connectivity index (χ1v) is 8.00. The van der Waals surface area contributed by atoms with Gasteiger partial charge in [-0.25, -0.2) is 4.39 Å². The number of hydrogen-bond acceptors (Lipinski definition) is 2. The molecule has 2 aromatic carbocycles. The molecule has 1 aliphatic rings. The Labute approximate surface area is 135 Å². The van der Waals surface area contributed by atoms with Crippen LogP contribution in [0.15, 0.2) is 42.5 Å². The molecular formula is C19H21FN2O. The highest BCUT2D eigenvalue weighted by atomic mass is 19.1. The van der Waals surface area contributed by atoms with E-state index in [9.17, 15) is 9.18 Å². The van der Waals surface area contributed by atoms with Crippen molar-refractivity contribution in [2.75, 3.05) is 17.2 Å². The molecule has 2 N–H and O–H groups in total. The molecule has 2 aromatic rings. The molecule has 0 radical (unpaired) electrons. The van der Waals surface area contributed by atoms with Crippen molar-refractivity contribution >= 4 is 17.3 Å². The Kier molecular flexibility index (Phi) is 4.33. The van der Waals surface area contributed by atoms with Gasteiger partial charge in [0.05, 0.1) is 0 Å². The Morgan fingerprint density at radius 1 is 1.26 bits per heavy atom. The van der Waals surface area contributed by atoms with Crippen LogP contribution < -0.4 is 10.6 Å². The summed E-state index contributed by atoms with van der Waals surface area (Å²) in [6, 6.07) is 12.3. The third-order valence-corrected chi connectivity index (χ3v) is 4.50. The summed E-state index contributed by atoms with van der Waals surface area (Å²) in [7, 11) is 0. The average molecular weight is 312 g/mol. The van der Waals surface area contributed by atoms with Crippen molar-refractivity contribution in [1.82, 2.24) is 0 Å². The van der Waals surface area contributed by atoms with Crippen LogP contribution in [0, 0.1) is 5.82 Å². The minimum absolute atomic E-state index is 0.0207. The van der Waals surface area contributed by atoms with Gasteiger partial charge < -0.3 is 10.6 Å². The van der Waals surface area contributed by atoms with Gasteiger partial charge >= 0.3 is 0 Å². The predicted molar refractivity (Wildman–Crippen MR) is 91.0 cm³/mol. The SMILES string of the molecule is CC(CC(=O)N1CCCc2c(N)cccc21)c1ccccc1F. The topological polar surface area (TPSA) is 46.3 Å². The molecule has 3 nitrogen and oxygen atoms in total. The van der Waals surface area contributed by atoms with Crippen LogP contribution >= 0.6 is 0 Å². The molecule has 120 valence electrons. The number of nitrogen functional groups attached to an aromatic ring is 1. The highest BCUT2D eigenvalue weighted by Gasteiger charge is 2.25. The fourth-order valence-corrected chi connectivity index (χ4v) is 3.27. The standard InChI is InChI=1S/C19H21FN2O/c1-13(14-6-2-3-8-16(14)20)12-19(23)22-11-5-7-15-17(21)9-4-10-18(15)22/h2-4,6,8-10,13H,5,7,11-12,21H2,1H3. The summed E-state index contributed by atoms with van der Waals surface area (Å²) in [6.45, 7) is 2.58. The van der Waals surface area contributed by atoms with E-state index < -0.39 is 0 Å². The van der Waals surface area contributed by atoms with Crippen LogP contribution in [0.5, 0.6) is 0 Å². The van der Waals surface area contributed by atoms with Gasteiger partial charge in [-0.1, -0.05) is 31.2 Å². The summed E-state index contributed by atoms with van der Waals surface area (Å²) in [4.78, 5) is 14.5. The monoisotopic (exact) mass is 312 g/mol. The smallest absolute Gasteiger partial charge is 0.227 e. The maximum absolute atomic E-state index is 13.9. The summed E-state index contributed by atoms with van der Waals surface area (Å²) >= 11 is 0. The Morgan fingerprint density at radius 2 is 2.04 bits per heavy atom. The minimum Gasteiger partial charge on any atom is -0.398 e. The molecule has 0 saturated carbocycles.